The number of nitrogens with one attached hydrogen (secondary N) is 1. The van der Waals surface area contributed by atoms with Gasteiger partial charge in [0, 0.05) is 6.04 Å². The van der Waals surface area contributed by atoms with Crippen LogP contribution in [0.15, 0.2) is 0 Å². The number of aliphatic hydroxyl groups excluding tert-OH is 1. The Morgan fingerprint density at radius 1 is 1.25 bits per heavy atom. The van der Waals surface area contributed by atoms with Crippen molar-refractivity contribution in [1.29, 1.82) is 0 Å². The van der Waals surface area contributed by atoms with E-state index in [1.165, 1.54) is 38.5 Å². The molecule has 16 heavy (non-hydrogen) atoms. The Labute approximate surface area is 101 Å². The Kier molecular flexibility index (Phi) is 6.37. The van der Waals surface area contributed by atoms with Crippen molar-refractivity contribution in [3.8, 4) is 0 Å². The van der Waals surface area contributed by atoms with Crippen LogP contribution in [0.5, 0.6) is 0 Å². The summed E-state index contributed by atoms with van der Waals surface area (Å²) in [6.45, 7) is 6.65. The van der Waals surface area contributed by atoms with E-state index in [4.69, 9.17) is 0 Å². The normalized spacial score (nSPS) is 30.0. The van der Waals surface area contributed by atoms with Crippen LogP contribution in [0.4, 0.5) is 0 Å². The molecular weight excluding hydrogens is 198 g/mol. The second kappa shape index (κ2) is 7.29. The molecule has 0 heterocycles. The first-order chi connectivity index (χ1) is 7.69. The topological polar surface area (TPSA) is 32.3 Å². The summed E-state index contributed by atoms with van der Waals surface area (Å²) >= 11 is 0. The fraction of sp³-hybridized carbons (Fsp3) is 1.00. The van der Waals surface area contributed by atoms with Gasteiger partial charge in [0.2, 0.25) is 0 Å². The molecule has 0 aliphatic heterocycles. The summed E-state index contributed by atoms with van der Waals surface area (Å²) in [6.07, 6.45) is 8.38. The standard InChI is InChI=1S/C14H29NO/c1-4-8-13(15-14(16)5-2)12-10-7-6-9-11(12)3/h11-16H,4-10H2,1-3H3. The molecule has 1 aliphatic rings. The molecule has 96 valence electrons. The number of hydrogen-bond donors (Lipinski definition) is 2. The summed E-state index contributed by atoms with van der Waals surface area (Å²) in [4.78, 5) is 0. The molecule has 1 fully saturated rings. The molecule has 0 spiro atoms. The molecule has 2 heteroatoms. The van der Waals surface area contributed by atoms with E-state index in [-0.39, 0.29) is 6.23 Å². The predicted octanol–water partition coefficient (Wildman–Crippen LogP) is 3.30. The molecule has 0 saturated heterocycles. The molecule has 0 radical (unpaired) electrons. The summed E-state index contributed by atoms with van der Waals surface area (Å²) in [5, 5.41) is 13.2. The molecule has 4 atom stereocenters. The number of aliphatic hydroxyl groups is 1. The maximum atomic E-state index is 9.76. The van der Waals surface area contributed by atoms with Crippen LogP contribution in [0.2, 0.25) is 0 Å². The molecule has 0 aromatic carbocycles. The average Bonchev–Trinajstić information content (AvgIpc) is 2.29. The van der Waals surface area contributed by atoms with Gasteiger partial charge >= 0.3 is 0 Å². The summed E-state index contributed by atoms with van der Waals surface area (Å²) in [5.41, 5.74) is 0. The minimum Gasteiger partial charge on any atom is -0.379 e. The fourth-order valence-electron chi connectivity index (χ4n) is 3.04. The maximum Gasteiger partial charge on any atom is 0.104 e. The van der Waals surface area contributed by atoms with E-state index in [0.717, 1.165) is 18.3 Å². The van der Waals surface area contributed by atoms with Gasteiger partial charge in [-0.3, -0.25) is 5.32 Å². The van der Waals surface area contributed by atoms with E-state index in [2.05, 4.69) is 19.2 Å². The van der Waals surface area contributed by atoms with Crippen molar-refractivity contribution < 1.29 is 5.11 Å². The van der Waals surface area contributed by atoms with Crippen LogP contribution >= 0.6 is 0 Å². The minimum atomic E-state index is -0.314. The highest BCUT2D eigenvalue weighted by Crippen LogP contribution is 2.33. The predicted molar refractivity (Wildman–Crippen MR) is 69.3 cm³/mol. The second-order valence-electron chi connectivity index (χ2n) is 5.41. The van der Waals surface area contributed by atoms with Crippen molar-refractivity contribution in [3.63, 3.8) is 0 Å². The van der Waals surface area contributed by atoms with Gasteiger partial charge in [-0.1, -0.05) is 46.5 Å². The zero-order valence-corrected chi connectivity index (χ0v) is 11.2. The van der Waals surface area contributed by atoms with E-state index in [1.54, 1.807) is 0 Å². The molecule has 1 aliphatic carbocycles. The summed E-state index contributed by atoms with van der Waals surface area (Å²) < 4.78 is 0. The van der Waals surface area contributed by atoms with E-state index < -0.39 is 0 Å². The van der Waals surface area contributed by atoms with Gasteiger partial charge in [0.1, 0.15) is 6.23 Å². The maximum absolute atomic E-state index is 9.76. The number of rotatable bonds is 6. The van der Waals surface area contributed by atoms with Crippen LogP contribution in [0.3, 0.4) is 0 Å². The van der Waals surface area contributed by atoms with Crippen LogP contribution in [-0.4, -0.2) is 17.4 Å². The third-order valence-corrected chi connectivity index (χ3v) is 4.09. The Balaban J connectivity index is 2.52. The monoisotopic (exact) mass is 227 g/mol. The first kappa shape index (κ1) is 14.0. The van der Waals surface area contributed by atoms with Crippen molar-refractivity contribution >= 4 is 0 Å². The van der Waals surface area contributed by atoms with E-state index in [1.807, 2.05) is 6.92 Å². The highest BCUT2D eigenvalue weighted by molar-refractivity contribution is 4.83. The van der Waals surface area contributed by atoms with Gasteiger partial charge in [0.25, 0.3) is 0 Å². The Morgan fingerprint density at radius 2 is 1.94 bits per heavy atom. The van der Waals surface area contributed by atoms with Crippen LogP contribution in [-0.2, 0) is 0 Å². The third kappa shape index (κ3) is 4.06. The zero-order chi connectivity index (χ0) is 12.0. The molecule has 2 N–H and O–H groups in total. The number of hydrogen-bond acceptors (Lipinski definition) is 2. The molecule has 4 unspecified atom stereocenters. The van der Waals surface area contributed by atoms with Gasteiger partial charge in [-0.05, 0) is 31.1 Å². The van der Waals surface area contributed by atoms with E-state index >= 15 is 0 Å². The molecule has 0 amide bonds. The minimum absolute atomic E-state index is 0.314. The molecule has 2 nitrogen and oxygen atoms in total. The fourth-order valence-corrected chi connectivity index (χ4v) is 3.04. The van der Waals surface area contributed by atoms with Crippen LogP contribution in [0.1, 0.15) is 65.7 Å². The average molecular weight is 227 g/mol. The smallest absolute Gasteiger partial charge is 0.104 e. The molecule has 1 saturated carbocycles. The van der Waals surface area contributed by atoms with Gasteiger partial charge in [-0.25, -0.2) is 0 Å². The SMILES string of the molecule is CCCC(NC(O)CC)C1CCCCC1C. The van der Waals surface area contributed by atoms with E-state index in [0.29, 0.717) is 6.04 Å². The van der Waals surface area contributed by atoms with Crippen molar-refractivity contribution in [3.05, 3.63) is 0 Å². The second-order valence-corrected chi connectivity index (χ2v) is 5.41. The Hall–Kier alpha value is -0.0800. The molecule has 1 rings (SSSR count). The van der Waals surface area contributed by atoms with Crippen molar-refractivity contribution in [2.75, 3.05) is 0 Å². The Morgan fingerprint density at radius 3 is 2.50 bits per heavy atom. The first-order valence-corrected chi connectivity index (χ1v) is 7.13. The van der Waals surface area contributed by atoms with Crippen molar-refractivity contribution in [2.24, 2.45) is 11.8 Å². The lowest BCUT2D eigenvalue weighted by Crippen LogP contribution is -2.45. The van der Waals surface area contributed by atoms with E-state index in [9.17, 15) is 5.11 Å². The van der Waals surface area contributed by atoms with Gasteiger partial charge in [0.05, 0.1) is 0 Å². The van der Waals surface area contributed by atoms with Gasteiger partial charge in [-0.15, -0.1) is 0 Å². The summed E-state index contributed by atoms with van der Waals surface area (Å²) in [6, 6.07) is 0.523. The summed E-state index contributed by atoms with van der Waals surface area (Å²) in [7, 11) is 0. The van der Waals surface area contributed by atoms with Gasteiger partial charge in [-0.2, -0.15) is 0 Å². The first-order valence-electron chi connectivity index (χ1n) is 7.13. The van der Waals surface area contributed by atoms with Gasteiger partial charge in [0.15, 0.2) is 0 Å². The van der Waals surface area contributed by atoms with Gasteiger partial charge < -0.3 is 5.11 Å². The van der Waals surface area contributed by atoms with Crippen LogP contribution < -0.4 is 5.32 Å². The highest BCUT2D eigenvalue weighted by Gasteiger charge is 2.29. The van der Waals surface area contributed by atoms with Crippen LogP contribution in [0, 0.1) is 11.8 Å². The third-order valence-electron chi connectivity index (χ3n) is 4.09. The lowest BCUT2D eigenvalue weighted by Gasteiger charge is -2.37. The molecule has 0 aromatic rings. The Bertz CT molecular complexity index is 184. The lowest BCUT2D eigenvalue weighted by atomic mass is 9.75. The zero-order valence-electron chi connectivity index (χ0n) is 11.2. The molecule has 0 bridgehead atoms. The lowest BCUT2D eigenvalue weighted by molar-refractivity contribution is 0.0815. The largest absolute Gasteiger partial charge is 0.379 e. The highest BCUT2D eigenvalue weighted by atomic mass is 16.3. The van der Waals surface area contributed by atoms with Crippen molar-refractivity contribution in [2.45, 2.75) is 78.0 Å². The molecular formula is C14H29NO. The summed E-state index contributed by atoms with van der Waals surface area (Å²) in [5.74, 6) is 1.59. The molecule has 0 aromatic heterocycles. The van der Waals surface area contributed by atoms with Crippen LogP contribution in [0.25, 0.3) is 0 Å². The van der Waals surface area contributed by atoms with Crippen molar-refractivity contribution in [1.82, 2.24) is 5.32 Å². The quantitative estimate of drug-likeness (QED) is 0.682.